The lowest BCUT2D eigenvalue weighted by molar-refractivity contribution is -0.129. The van der Waals surface area contributed by atoms with Gasteiger partial charge in [0.1, 0.15) is 0 Å². The lowest BCUT2D eigenvalue weighted by Crippen LogP contribution is -2.50. The Morgan fingerprint density at radius 2 is 1.71 bits per heavy atom. The van der Waals surface area contributed by atoms with Crippen molar-refractivity contribution in [3.8, 4) is 11.1 Å². The third kappa shape index (κ3) is 7.18. The molecule has 7 heterocycles. The summed E-state index contributed by atoms with van der Waals surface area (Å²) in [6.07, 6.45) is 7.79. The Morgan fingerprint density at radius 1 is 0.982 bits per heavy atom. The molecule has 4 aliphatic heterocycles. The summed E-state index contributed by atoms with van der Waals surface area (Å²) >= 11 is 0. The average Bonchev–Trinajstić information content (AvgIpc) is 3.79. The number of hydrogen-bond acceptors (Lipinski definition) is 9. The predicted molar refractivity (Wildman–Crippen MR) is 204 cm³/mol. The van der Waals surface area contributed by atoms with Gasteiger partial charge in [-0.3, -0.25) is 14.2 Å². The van der Waals surface area contributed by atoms with E-state index in [0.29, 0.717) is 60.9 Å². The summed E-state index contributed by atoms with van der Waals surface area (Å²) in [5, 5.41) is 18.8. The molecule has 4 aromatic rings. The molecule has 0 aliphatic carbocycles. The van der Waals surface area contributed by atoms with E-state index in [2.05, 4.69) is 48.3 Å². The van der Waals surface area contributed by atoms with Crippen LogP contribution in [0.25, 0.3) is 11.1 Å². The molecular weight excluding hydrogens is 707 g/mol. The molecule has 13 nitrogen and oxygen atoms in total. The van der Waals surface area contributed by atoms with Crippen LogP contribution in [0.1, 0.15) is 85.2 Å². The first-order valence-corrected chi connectivity index (χ1v) is 19.5. The summed E-state index contributed by atoms with van der Waals surface area (Å²) in [7, 11) is 1.79. The van der Waals surface area contributed by atoms with Gasteiger partial charge in [0, 0.05) is 113 Å². The monoisotopic (exact) mass is 756 g/mol. The fraction of sp³-hybridized carbons (Fsp3) is 0.550. The molecule has 4 aliphatic rings. The van der Waals surface area contributed by atoms with Crippen molar-refractivity contribution in [1.29, 1.82) is 0 Å². The summed E-state index contributed by atoms with van der Waals surface area (Å²) in [5.41, 5.74) is 5.25. The maximum Gasteiger partial charge on any atom is 0.338 e. The largest absolute Gasteiger partial charge is 0.478 e. The Labute approximate surface area is 319 Å². The molecule has 0 spiro atoms. The number of carbonyl (C=O) groups is 2. The van der Waals surface area contributed by atoms with Crippen LogP contribution < -0.4 is 9.80 Å². The standard InChI is InChI=1S/C40H50F2N10O3/c1-24-19-50(40-43-16-28(17-44-40)39(54)55)20-25(2)33(24)22-48-11-7-30(8-12-48)52-35-9-13-49(26(3)53)23-34(35)38(46-52)51-10-5-6-27-14-31(29-18-45-47(4)21-29)32(37(41)42)15-36(27)51/h14-18,21,24-25,30,33,37H,5-13,19-20,22-23H2,1-4H3,(H,54,55). The van der Waals surface area contributed by atoms with E-state index < -0.39 is 12.4 Å². The number of aromatic nitrogens is 6. The number of carboxylic acid groups (broad SMARTS) is 1. The maximum absolute atomic E-state index is 14.7. The van der Waals surface area contributed by atoms with Gasteiger partial charge in [-0.2, -0.15) is 10.2 Å². The summed E-state index contributed by atoms with van der Waals surface area (Å²) in [5.74, 6) is 1.68. The van der Waals surface area contributed by atoms with Crippen molar-refractivity contribution >= 4 is 29.3 Å². The van der Waals surface area contributed by atoms with E-state index in [1.807, 2.05) is 11.0 Å². The Hall–Kier alpha value is -4.92. The smallest absolute Gasteiger partial charge is 0.338 e. The van der Waals surface area contributed by atoms with Crippen molar-refractivity contribution in [3.63, 3.8) is 0 Å². The molecule has 1 amide bonds. The number of likely N-dealkylation sites (tertiary alicyclic amines) is 1. The van der Waals surface area contributed by atoms with Gasteiger partial charge in [0.05, 0.1) is 24.3 Å². The molecule has 15 heteroatoms. The van der Waals surface area contributed by atoms with E-state index in [9.17, 15) is 23.5 Å². The number of carboxylic acids is 1. The number of amides is 1. The number of fused-ring (bicyclic) bond motifs is 2. The molecule has 1 aromatic carbocycles. The number of aromatic carboxylic acids is 1. The zero-order valence-electron chi connectivity index (χ0n) is 32.0. The van der Waals surface area contributed by atoms with Gasteiger partial charge < -0.3 is 24.7 Å². The number of rotatable bonds is 8. The van der Waals surface area contributed by atoms with Crippen LogP contribution >= 0.6 is 0 Å². The molecule has 55 heavy (non-hydrogen) atoms. The van der Waals surface area contributed by atoms with Crippen LogP contribution in [-0.2, 0) is 31.2 Å². The lowest BCUT2D eigenvalue weighted by Gasteiger charge is -2.44. The van der Waals surface area contributed by atoms with E-state index in [1.165, 1.54) is 12.4 Å². The Bertz CT molecular complexity index is 2050. The van der Waals surface area contributed by atoms with Crippen molar-refractivity contribution in [2.45, 2.75) is 71.9 Å². The average molecular weight is 757 g/mol. The van der Waals surface area contributed by atoms with Gasteiger partial charge in [-0.05, 0) is 66.7 Å². The molecular formula is C40H50F2N10O3. The Kier molecular flexibility index (Phi) is 10.1. The summed E-state index contributed by atoms with van der Waals surface area (Å²) in [4.78, 5) is 41.3. The molecule has 1 N–H and O–H groups in total. The highest BCUT2D eigenvalue weighted by Crippen LogP contribution is 2.44. The van der Waals surface area contributed by atoms with Crippen molar-refractivity contribution in [1.82, 2.24) is 39.3 Å². The minimum absolute atomic E-state index is 0.0123. The van der Waals surface area contributed by atoms with E-state index in [4.69, 9.17) is 5.10 Å². The number of hydrogen-bond donors (Lipinski definition) is 1. The second-order valence-electron chi connectivity index (χ2n) is 16.0. The zero-order chi connectivity index (χ0) is 38.5. The molecule has 0 radical (unpaired) electrons. The van der Waals surface area contributed by atoms with Crippen molar-refractivity contribution in [2.24, 2.45) is 24.8 Å². The summed E-state index contributed by atoms with van der Waals surface area (Å²) < 4.78 is 33.2. The molecule has 2 atom stereocenters. The Morgan fingerprint density at radius 3 is 2.35 bits per heavy atom. The van der Waals surface area contributed by atoms with Crippen LogP contribution in [0.4, 0.5) is 26.2 Å². The van der Waals surface area contributed by atoms with Crippen LogP contribution in [0.15, 0.2) is 36.9 Å². The predicted octanol–water partition coefficient (Wildman–Crippen LogP) is 5.74. The molecule has 3 aromatic heterocycles. The first-order chi connectivity index (χ1) is 26.4. The van der Waals surface area contributed by atoms with Gasteiger partial charge in [-0.15, -0.1) is 0 Å². The van der Waals surface area contributed by atoms with Gasteiger partial charge in [-0.25, -0.2) is 23.5 Å². The first kappa shape index (κ1) is 37.0. The molecule has 0 saturated carbocycles. The highest BCUT2D eigenvalue weighted by atomic mass is 19.3. The van der Waals surface area contributed by atoms with E-state index >= 15 is 0 Å². The van der Waals surface area contributed by atoms with E-state index in [1.54, 1.807) is 37.1 Å². The minimum Gasteiger partial charge on any atom is -0.478 e. The number of alkyl halides is 2. The van der Waals surface area contributed by atoms with Crippen LogP contribution in [0, 0.1) is 17.8 Å². The van der Waals surface area contributed by atoms with Crippen LogP contribution in [0.5, 0.6) is 0 Å². The highest BCUT2D eigenvalue weighted by molar-refractivity contribution is 5.86. The molecule has 2 unspecified atom stereocenters. The van der Waals surface area contributed by atoms with Crippen LogP contribution in [-0.4, -0.2) is 102 Å². The summed E-state index contributed by atoms with van der Waals surface area (Å²) in [6, 6.07) is 3.78. The first-order valence-electron chi connectivity index (χ1n) is 19.5. The number of halogens is 2. The summed E-state index contributed by atoms with van der Waals surface area (Å²) in [6.45, 7) is 12.5. The van der Waals surface area contributed by atoms with Crippen molar-refractivity contribution in [3.05, 3.63) is 64.9 Å². The molecule has 2 fully saturated rings. The molecule has 0 bridgehead atoms. The van der Waals surface area contributed by atoms with Gasteiger partial charge in [0.25, 0.3) is 6.43 Å². The maximum atomic E-state index is 14.7. The fourth-order valence-corrected chi connectivity index (χ4v) is 9.44. The van der Waals surface area contributed by atoms with Crippen LogP contribution in [0.2, 0.25) is 0 Å². The number of piperidine rings is 2. The number of benzene rings is 1. The van der Waals surface area contributed by atoms with E-state index in [-0.39, 0.29) is 23.1 Å². The molecule has 2 saturated heterocycles. The van der Waals surface area contributed by atoms with Crippen molar-refractivity contribution in [2.75, 3.05) is 55.6 Å². The number of carbonyl (C=O) groups excluding carboxylic acids is 1. The van der Waals surface area contributed by atoms with Gasteiger partial charge in [0.15, 0.2) is 5.82 Å². The van der Waals surface area contributed by atoms with Gasteiger partial charge >= 0.3 is 5.97 Å². The number of anilines is 3. The van der Waals surface area contributed by atoms with E-state index in [0.717, 1.165) is 86.7 Å². The minimum atomic E-state index is -2.65. The SMILES string of the molecule is CC(=O)N1CCc2c(c(N3CCCc4cc(-c5cnn(C)c5)c(C(F)F)cc43)nn2C2CCN(CC3C(C)CN(c4ncc(C(=O)O)cn4)CC3C)CC2)C1. The quantitative estimate of drug-likeness (QED) is 0.238. The van der Waals surface area contributed by atoms with Crippen molar-refractivity contribution < 1.29 is 23.5 Å². The number of aryl methyl sites for hydroxylation is 2. The second kappa shape index (κ2) is 15.0. The lowest BCUT2D eigenvalue weighted by atomic mass is 9.79. The molecule has 8 rings (SSSR count). The number of nitrogens with zero attached hydrogens (tertiary/aromatic N) is 10. The fourth-order valence-electron chi connectivity index (χ4n) is 9.44. The van der Waals surface area contributed by atoms with Gasteiger partial charge in [0.2, 0.25) is 11.9 Å². The highest BCUT2D eigenvalue weighted by Gasteiger charge is 2.37. The third-order valence-electron chi connectivity index (χ3n) is 12.4. The normalized spacial score (nSPS) is 22.2. The van der Waals surface area contributed by atoms with Gasteiger partial charge in [-0.1, -0.05) is 13.8 Å². The topological polar surface area (TPSA) is 129 Å². The third-order valence-corrected chi connectivity index (χ3v) is 12.4. The zero-order valence-corrected chi connectivity index (χ0v) is 32.0. The van der Waals surface area contributed by atoms with Crippen LogP contribution in [0.3, 0.4) is 0 Å². The Balaban J connectivity index is 1.01. The second-order valence-corrected chi connectivity index (χ2v) is 16.0. The molecule has 292 valence electrons.